The second-order valence-corrected chi connectivity index (χ2v) is 6.00. The summed E-state index contributed by atoms with van der Waals surface area (Å²) in [4.78, 5) is 24.2. The van der Waals surface area contributed by atoms with Gasteiger partial charge in [-0.1, -0.05) is 48.0 Å². The van der Waals surface area contributed by atoms with Gasteiger partial charge in [0.25, 0.3) is 0 Å². The molecule has 0 fully saturated rings. The Bertz CT molecular complexity index is 942. The summed E-state index contributed by atoms with van der Waals surface area (Å²) < 4.78 is 2.86. The average Bonchev–Trinajstić information content (AvgIpc) is 2.93. The zero-order chi connectivity index (χ0) is 18.5. The van der Waals surface area contributed by atoms with Crippen LogP contribution in [0.15, 0.2) is 59.4 Å². The quantitative estimate of drug-likeness (QED) is 0.740. The molecule has 0 aliphatic heterocycles. The molecule has 0 bridgehead atoms. The lowest BCUT2D eigenvalue weighted by molar-refractivity contribution is 0.251. The van der Waals surface area contributed by atoms with E-state index in [0.29, 0.717) is 18.9 Å². The van der Waals surface area contributed by atoms with Crippen molar-refractivity contribution in [3.8, 4) is 11.4 Å². The van der Waals surface area contributed by atoms with Gasteiger partial charge in [0.05, 0.1) is 6.54 Å². The topological polar surface area (TPSA) is 81.0 Å². The van der Waals surface area contributed by atoms with E-state index in [1.807, 2.05) is 61.5 Å². The van der Waals surface area contributed by atoms with Crippen molar-refractivity contribution in [2.24, 2.45) is 7.05 Å². The van der Waals surface area contributed by atoms with Crippen molar-refractivity contribution in [2.75, 3.05) is 11.9 Å². The molecule has 2 N–H and O–H groups in total. The van der Waals surface area contributed by atoms with Gasteiger partial charge in [-0.2, -0.15) is 0 Å². The van der Waals surface area contributed by atoms with E-state index in [1.165, 1.54) is 9.25 Å². The SMILES string of the molecule is Cc1ccc(NC(=O)NCCn2nc(-c3ccccc3)n(C)c2=O)cc1. The molecule has 0 aliphatic rings. The fourth-order valence-corrected chi connectivity index (χ4v) is 2.56. The van der Waals surface area contributed by atoms with Gasteiger partial charge in [-0.15, -0.1) is 5.10 Å². The highest BCUT2D eigenvalue weighted by molar-refractivity contribution is 5.89. The average molecular weight is 351 g/mol. The minimum atomic E-state index is -0.318. The number of anilines is 1. The second-order valence-electron chi connectivity index (χ2n) is 6.00. The Balaban J connectivity index is 1.59. The Morgan fingerprint density at radius 2 is 1.77 bits per heavy atom. The maximum Gasteiger partial charge on any atom is 0.345 e. The number of rotatable bonds is 5. The number of carbonyl (C=O) groups excluding carboxylic acids is 1. The number of aryl methyl sites for hydroxylation is 1. The maximum absolute atomic E-state index is 12.3. The number of nitrogens with one attached hydrogen (secondary N) is 2. The number of nitrogens with zero attached hydrogens (tertiary/aromatic N) is 3. The lowest BCUT2D eigenvalue weighted by Gasteiger charge is -2.07. The number of carbonyl (C=O) groups is 1. The Kier molecular flexibility index (Phi) is 5.17. The molecule has 0 saturated heterocycles. The van der Waals surface area contributed by atoms with Crippen molar-refractivity contribution in [2.45, 2.75) is 13.5 Å². The van der Waals surface area contributed by atoms with Crippen LogP contribution in [-0.2, 0) is 13.6 Å². The van der Waals surface area contributed by atoms with Crippen molar-refractivity contribution < 1.29 is 4.79 Å². The molecule has 26 heavy (non-hydrogen) atoms. The summed E-state index contributed by atoms with van der Waals surface area (Å²) in [6.07, 6.45) is 0. The second kappa shape index (κ2) is 7.69. The highest BCUT2D eigenvalue weighted by Crippen LogP contribution is 2.13. The first-order chi connectivity index (χ1) is 12.5. The molecule has 3 rings (SSSR count). The zero-order valence-corrected chi connectivity index (χ0v) is 14.8. The molecule has 7 heteroatoms. The van der Waals surface area contributed by atoms with Gasteiger partial charge in [-0.05, 0) is 19.1 Å². The number of hydrogen-bond donors (Lipinski definition) is 2. The van der Waals surface area contributed by atoms with Crippen LogP contribution >= 0.6 is 0 Å². The van der Waals surface area contributed by atoms with Crippen LogP contribution in [0.25, 0.3) is 11.4 Å². The van der Waals surface area contributed by atoms with Crippen LogP contribution in [0.5, 0.6) is 0 Å². The fourth-order valence-electron chi connectivity index (χ4n) is 2.56. The molecular weight excluding hydrogens is 330 g/mol. The van der Waals surface area contributed by atoms with Gasteiger partial charge >= 0.3 is 11.7 Å². The summed E-state index contributed by atoms with van der Waals surface area (Å²) in [6.45, 7) is 2.57. The van der Waals surface area contributed by atoms with E-state index in [-0.39, 0.29) is 11.7 Å². The van der Waals surface area contributed by atoms with Crippen molar-refractivity contribution in [3.05, 3.63) is 70.6 Å². The predicted molar refractivity (Wildman–Crippen MR) is 101 cm³/mol. The van der Waals surface area contributed by atoms with E-state index in [2.05, 4.69) is 15.7 Å². The maximum atomic E-state index is 12.3. The molecule has 0 saturated carbocycles. The van der Waals surface area contributed by atoms with Crippen LogP contribution in [0.2, 0.25) is 0 Å². The first-order valence-electron chi connectivity index (χ1n) is 8.35. The van der Waals surface area contributed by atoms with Crippen LogP contribution in [0.1, 0.15) is 5.56 Å². The minimum absolute atomic E-state index is 0.218. The summed E-state index contributed by atoms with van der Waals surface area (Å²) in [6, 6.07) is 16.7. The summed E-state index contributed by atoms with van der Waals surface area (Å²) in [5.74, 6) is 0.597. The highest BCUT2D eigenvalue weighted by Gasteiger charge is 2.11. The lowest BCUT2D eigenvalue weighted by Crippen LogP contribution is -2.34. The van der Waals surface area contributed by atoms with Crippen molar-refractivity contribution >= 4 is 11.7 Å². The largest absolute Gasteiger partial charge is 0.345 e. The molecule has 1 heterocycles. The van der Waals surface area contributed by atoms with Crippen molar-refractivity contribution in [1.29, 1.82) is 0 Å². The lowest BCUT2D eigenvalue weighted by atomic mass is 10.2. The molecule has 3 aromatic rings. The van der Waals surface area contributed by atoms with E-state index in [4.69, 9.17) is 0 Å². The minimum Gasteiger partial charge on any atom is -0.336 e. The van der Waals surface area contributed by atoms with E-state index >= 15 is 0 Å². The van der Waals surface area contributed by atoms with Crippen LogP contribution in [0.4, 0.5) is 10.5 Å². The van der Waals surface area contributed by atoms with Crippen LogP contribution in [0.3, 0.4) is 0 Å². The number of hydrogen-bond acceptors (Lipinski definition) is 3. The summed E-state index contributed by atoms with van der Waals surface area (Å²) >= 11 is 0. The summed E-state index contributed by atoms with van der Waals surface area (Å²) in [5.41, 5.74) is 2.50. The molecule has 134 valence electrons. The fraction of sp³-hybridized carbons (Fsp3) is 0.211. The Labute approximate surface area is 151 Å². The van der Waals surface area contributed by atoms with Crippen molar-refractivity contribution in [3.63, 3.8) is 0 Å². The van der Waals surface area contributed by atoms with E-state index in [1.54, 1.807) is 7.05 Å². The van der Waals surface area contributed by atoms with Crippen LogP contribution < -0.4 is 16.3 Å². The molecule has 2 amide bonds. The van der Waals surface area contributed by atoms with Crippen LogP contribution in [-0.4, -0.2) is 26.9 Å². The van der Waals surface area contributed by atoms with Gasteiger partial charge < -0.3 is 10.6 Å². The number of aromatic nitrogens is 3. The standard InChI is InChI=1S/C19H21N5O2/c1-14-8-10-16(11-9-14)21-18(25)20-12-13-24-19(26)23(2)17(22-24)15-6-4-3-5-7-15/h3-11H,12-13H2,1-2H3,(H2,20,21,25). The van der Waals surface area contributed by atoms with Crippen molar-refractivity contribution in [1.82, 2.24) is 19.7 Å². The van der Waals surface area contributed by atoms with Gasteiger partial charge in [-0.25, -0.2) is 14.3 Å². The molecule has 0 spiro atoms. The molecular formula is C19H21N5O2. The zero-order valence-electron chi connectivity index (χ0n) is 14.8. The number of amides is 2. The monoisotopic (exact) mass is 351 g/mol. The van der Waals surface area contributed by atoms with Gasteiger partial charge in [0.2, 0.25) is 0 Å². The first-order valence-corrected chi connectivity index (χ1v) is 8.35. The molecule has 2 aromatic carbocycles. The molecule has 0 atom stereocenters. The smallest absolute Gasteiger partial charge is 0.336 e. The Morgan fingerprint density at radius 1 is 1.08 bits per heavy atom. The molecule has 0 unspecified atom stereocenters. The van der Waals surface area contributed by atoms with Crippen LogP contribution in [0, 0.1) is 6.92 Å². The molecule has 0 aliphatic carbocycles. The molecule has 1 aromatic heterocycles. The summed E-state index contributed by atoms with van der Waals surface area (Å²) in [5, 5.41) is 9.85. The third-order valence-corrected chi connectivity index (χ3v) is 3.99. The Hall–Kier alpha value is -3.35. The summed E-state index contributed by atoms with van der Waals surface area (Å²) in [7, 11) is 1.69. The predicted octanol–water partition coefficient (Wildman–Crippen LogP) is 2.38. The third kappa shape index (κ3) is 4.00. The number of benzene rings is 2. The van der Waals surface area contributed by atoms with Gasteiger partial charge in [0.15, 0.2) is 5.82 Å². The highest BCUT2D eigenvalue weighted by atomic mass is 16.2. The Morgan fingerprint density at radius 3 is 2.46 bits per heavy atom. The van der Waals surface area contributed by atoms with E-state index < -0.39 is 0 Å². The molecule has 0 radical (unpaired) electrons. The van der Waals surface area contributed by atoms with Gasteiger partial charge in [-0.3, -0.25) is 4.57 Å². The first kappa shape index (κ1) is 17.5. The van der Waals surface area contributed by atoms with E-state index in [9.17, 15) is 9.59 Å². The number of urea groups is 1. The van der Waals surface area contributed by atoms with Gasteiger partial charge in [0.1, 0.15) is 0 Å². The van der Waals surface area contributed by atoms with E-state index in [0.717, 1.165) is 16.8 Å². The molecule has 7 nitrogen and oxygen atoms in total. The third-order valence-electron chi connectivity index (χ3n) is 3.99. The normalized spacial score (nSPS) is 10.5. The van der Waals surface area contributed by atoms with Gasteiger partial charge in [0, 0.05) is 24.8 Å².